The van der Waals surface area contributed by atoms with Crippen molar-refractivity contribution in [3.63, 3.8) is 0 Å². The van der Waals surface area contributed by atoms with Crippen LogP contribution >= 0.6 is 11.6 Å². The Morgan fingerprint density at radius 2 is 2.02 bits per heavy atom. The number of benzene rings is 2. The van der Waals surface area contributed by atoms with Gasteiger partial charge in [-0.1, -0.05) is 23.7 Å². The molecule has 12 heteroatoms. The van der Waals surface area contributed by atoms with E-state index in [4.69, 9.17) is 21.1 Å². The highest BCUT2D eigenvalue weighted by atomic mass is 35.5. The van der Waals surface area contributed by atoms with Crippen LogP contribution in [0, 0.1) is 36.4 Å². The van der Waals surface area contributed by atoms with Gasteiger partial charge in [0.05, 0.1) is 37.1 Å². The van der Waals surface area contributed by atoms with Crippen molar-refractivity contribution in [2.75, 3.05) is 13.2 Å². The molecule has 0 radical (unpaired) electrons. The number of nitrogens with one attached hydrogen (secondary N) is 2. The van der Waals surface area contributed by atoms with Crippen LogP contribution in [-0.4, -0.2) is 52.2 Å². The van der Waals surface area contributed by atoms with Crippen LogP contribution in [0.5, 0.6) is 11.5 Å². The van der Waals surface area contributed by atoms with Gasteiger partial charge in [-0.3, -0.25) is 14.4 Å². The first kappa shape index (κ1) is 29.2. The van der Waals surface area contributed by atoms with Gasteiger partial charge in [0.1, 0.15) is 11.5 Å². The number of likely N-dealkylation sites (tertiary alicyclic amines) is 1. The summed E-state index contributed by atoms with van der Waals surface area (Å²) < 4.78 is 26.0. The van der Waals surface area contributed by atoms with E-state index in [0.717, 1.165) is 11.6 Å². The first-order chi connectivity index (χ1) is 20.0. The summed E-state index contributed by atoms with van der Waals surface area (Å²) >= 11 is 6.25. The van der Waals surface area contributed by atoms with Crippen molar-refractivity contribution in [3.8, 4) is 17.6 Å². The number of halogens is 2. The predicted molar refractivity (Wildman–Crippen MR) is 151 cm³/mol. The van der Waals surface area contributed by atoms with Gasteiger partial charge in [0.15, 0.2) is 17.3 Å². The maximum Gasteiger partial charge on any atom is 0.307 e. The molecule has 0 spiro atoms. The summed E-state index contributed by atoms with van der Waals surface area (Å²) in [6.45, 7) is 5.18. The van der Waals surface area contributed by atoms with Crippen molar-refractivity contribution in [2.24, 2.45) is 5.41 Å². The number of rotatable bonds is 7. The van der Waals surface area contributed by atoms with Gasteiger partial charge >= 0.3 is 5.56 Å². The Balaban J connectivity index is 1.37. The Morgan fingerprint density at radius 3 is 2.67 bits per heavy atom. The van der Waals surface area contributed by atoms with E-state index in [9.17, 15) is 19.6 Å². The van der Waals surface area contributed by atoms with E-state index in [-0.39, 0.29) is 47.8 Å². The lowest BCUT2D eigenvalue weighted by atomic mass is 9.78. The van der Waals surface area contributed by atoms with Gasteiger partial charge < -0.3 is 19.7 Å². The van der Waals surface area contributed by atoms with Crippen molar-refractivity contribution < 1.29 is 23.5 Å². The summed E-state index contributed by atoms with van der Waals surface area (Å²) in [6, 6.07) is 11.6. The molecular formula is C30H29ClFN5O5. The molecule has 2 aliphatic rings. The van der Waals surface area contributed by atoms with Crippen LogP contribution in [0.2, 0.25) is 5.02 Å². The van der Waals surface area contributed by atoms with Gasteiger partial charge in [-0.25, -0.2) is 9.49 Å². The average Bonchev–Trinajstić information content (AvgIpc) is 3.37. The summed E-state index contributed by atoms with van der Waals surface area (Å²) in [6.07, 6.45) is 1.21. The van der Waals surface area contributed by atoms with E-state index in [1.165, 1.54) is 12.1 Å². The maximum absolute atomic E-state index is 15.1. The average molecular weight is 594 g/mol. The van der Waals surface area contributed by atoms with Crippen LogP contribution in [0.3, 0.4) is 0 Å². The molecule has 2 fully saturated rings. The number of hydrogen-bond acceptors (Lipinski definition) is 7. The summed E-state index contributed by atoms with van der Waals surface area (Å²) in [5, 5.41) is 19.2. The zero-order chi connectivity index (χ0) is 30.2. The maximum atomic E-state index is 15.1. The number of H-pyrrole nitrogens is 1. The normalized spacial score (nSPS) is 19.9. The number of ether oxygens (including phenoxy) is 2. The molecule has 5 rings (SSSR count). The molecule has 2 amide bonds. The van der Waals surface area contributed by atoms with Gasteiger partial charge in [-0.05, 0) is 69.0 Å². The van der Waals surface area contributed by atoms with Crippen molar-refractivity contribution in [1.29, 1.82) is 5.26 Å². The third-order valence-electron chi connectivity index (χ3n) is 7.77. The van der Waals surface area contributed by atoms with Crippen molar-refractivity contribution in [3.05, 3.63) is 86.0 Å². The molecule has 2 saturated heterocycles. The van der Waals surface area contributed by atoms with Crippen LogP contribution < -0.4 is 15.6 Å². The molecule has 218 valence electrons. The zero-order valence-corrected chi connectivity index (χ0v) is 24.0. The number of amides is 2. The monoisotopic (exact) mass is 593 g/mol. The Hall–Kier alpha value is -4.27. The minimum atomic E-state index is -0.992. The van der Waals surface area contributed by atoms with E-state index < -0.39 is 34.8 Å². The fraction of sp³-hybridized carbons (Fsp3) is 0.367. The highest BCUT2D eigenvalue weighted by Gasteiger charge is 2.54. The Morgan fingerprint density at radius 1 is 1.26 bits per heavy atom. The third-order valence-corrected chi connectivity index (χ3v) is 8.01. The smallest absolute Gasteiger partial charge is 0.307 e. The highest BCUT2D eigenvalue weighted by molar-refractivity contribution is 6.30. The SMILES string of the molecule is Cc1cc(Oc2c(C)cc(C(=O)NC(C)C(=O)N3[C@H](c4cccc(Cl)c4)CC[C@@H]3C3(C#N)COC3)cc2F)c(=O)[nH]n1. The second-order valence-electron chi connectivity index (χ2n) is 10.8. The number of hydrogen-bond donors (Lipinski definition) is 2. The predicted octanol–water partition coefficient (Wildman–Crippen LogP) is 4.36. The number of nitriles is 1. The lowest BCUT2D eigenvalue weighted by Gasteiger charge is -2.45. The van der Waals surface area contributed by atoms with Gasteiger partial charge in [0, 0.05) is 16.7 Å². The number of aryl methyl sites for hydroxylation is 2. The van der Waals surface area contributed by atoms with E-state index in [1.54, 1.807) is 37.8 Å². The fourth-order valence-electron chi connectivity index (χ4n) is 5.58. The van der Waals surface area contributed by atoms with Gasteiger partial charge in [0.2, 0.25) is 5.91 Å². The molecule has 42 heavy (non-hydrogen) atoms. The molecule has 1 unspecified atom stereocenters. The molecule has 0 aliphatic carbocycles. The molecule has 2 aliphatic heterocycles. The summed E-state index contributed by atoms with van der Waals surface area (Å²) in [5.74, 6) is -2.24. The quantitative estimate of drug-likeness (QED) is 0.415. The summed E-state index contributed by atoms with van der Waals surface area (Å²) in [5.41, 5.74) is 0.0910. The molecule has 2 aromatic carbocycles. The Bertz CT molecular complexity index is 1630. The number of carbonyl (C=O) groups is 2. The van der Waals surface area contributed by atoms with E-state index in [0.29, 0.717) is 23.6 Å². The molecule has 10 nitrogen and oxygen atoms in total. The first-order valence-corrected chi connectivity index (χ1v) is 13.8. The first-order valence-electron chi connectivity index (χ1n) is 13.4. The van der Waals surface area contributed by atoms with E-state index in [2.05, 4.69) is 21.6 Å². The standard InChI is InChI=1S/C30H29ClFN5O5/c1-16-9-20(12-22(32)26(16)42-24-10-17(2)35-36-28(24)39)27(38)34-18(3)29(40)37-23(19-5-4-6-21(31)11-19)7-8-25(37)30(13-33)14-41-15-30/h4-6,9-12,18,23,25H,7-8,14-15H2,1-3H3,(H,34,38)(H,36,39)/t18?,23-,25+/m0/s1. The highest BCUT2D eigenvalue weighted by Crippen LogP contribution is 2.47. The van der Waals surface area contributed by atoms with Crippen LogP contribution in [-0.2, 0) is 9.53 Å². The molecule has 3 atom stereocenters. The lowest BCUT2D eigenvalue weighted by Crippen LogP contribution is -2.59. The molecule has 3 aromatic rings. The minimum absolute atomic E-state index is 0.0259. The van der Waals surface area contributed by atoms with Gasteiger partial charge in [0.25, 0.3) is 5.91 Å². The summed E-state index contributed by atoms with van der Waals surface area (Å²) in [7, 11) is 0. The Kier molecular flexibility index (Phi) is 8.03. The second-order valence-corrected chi connectivity index (χ2v) is 11.2. The van der Waals surface area contributed by atoms with Crippen LogP contribution in [0.25, 0.3) is 0 Å². The van der Waals surface area contributed by atoms with Crippen molar-refractivity contribution >= 4 is 23.4 Å². The van der Waals surface area contributed by atoms with Crippen molar-refractivity contribution in [2.45, 2.75) is 51.7 Å². The molecule has 1 aromatic heterocycles. The number of aromatic amines is 1. The van der Waals surface area contributed by atoms with Gasteiger partial charge in [-0.2, -0.15) is 10.4 Å². The lowest BCUT2D eigenvalue weighted by molar-refractivity contribution is -0.150. The fourth-order valence-corrected chi connectivity index (χ4v) is 5.78. The van der Waals surface area contributed by atoms with Crippen LogP contribution in [0.4, 0.5) is 4.39 Å². The number of aromatic nitrogens is 2. The van der Waals surface area contributed by atoms with E-state index in [1.807, 2.05) is 12.1 Å². The second kappa shape index (κ2) is 11.5. The minimum Gasteiger partial charge on any atom is -0.448 e. The third kappa shape index (κ3) is 5.47. The molecule has 2 N–H and O–H groups in total. The van der Waals surface area contributed by atoms with Crippen LogP contribution in [0.15, 0.2) is 47.3 Å². The van der Waals surface area contributed by atoms with Crippen molar-refractivity contribution in [1.82, 2.24) is 20.4 Å². The molecule has 3 heterocycles. The number of nitrogens with zero attached hydrogens (tertiary/aromatic N) is 3. The largest absolute Gasteiger partial charge is 0.448 e. The number of carbonyl (C=O) groups excluding carboxylic acids is 2. The molecule has 0 saturated carbocycles. The summed E-state index contributed by atoms with van der Waals surface area (Å²) in [4.78, 5) is 40.9. The van der Waals surface area contributed by atoms with Crippen LogP contribution in [0.1, 0.15) is 53.0 Å². The Labute approximate surface area is 246 Å². The van der Waals surface area contributed by atoms with Gasteiger partial charge in [-0.15, -0.1) is 0 Å². The zero-order valence-electron chi connectivity index (χ0n) is 23.2. The topological polar surface area (TPSA) is 137 Å². The molecule has 0 bridgehead atoms. The molecular weight excluding hydrogens is 565 g/mol. The van der Waals surface area contributed by atoms with E-state index >= 15 is 4.39 Å².